The summed E-state index contributed by atoms with van der Waals surface area (Å²) in [5.41, 5.74) is 5.39. The first-order chi connectivity index (χ1) is 12.0. The third-order valence-corrected chi connectivity index (χ3v) is 5.03. The average molecular weight is 351 g/mol. The third-order valence-electron chi connectivity index (χ3n) is 5.03. The van der Waals surface area contributed by atoms with Gasteiger partial charge in [0.15, 0.2) is 0 Å². The lowest BCUT2D eigenvalue weighted by molar-refractivity contribution is -0.136. The van der Waals surface area contributed by atoms with Gasteiger partial charge in [-0.05, 0) is 31.4 Å². The summed E-state index contributed by atoms with van der Waals surface area (Å²) in [5, 5.41) is 2.75. The van der Waals surface area contributed by atoms with Crippen molar-refractivity contribution in [2.24, 2.45) is 17.6 Å². The number of carbonyl (C=O) groups excluding carboxylic acids is 2. The minimum Gasteiger partial charge on any atom is -0.355 e. The quantitative estimate of drug-likeness (QED) is 0.842. The predicted octanol–water partition coefficient (Wildman–Crippen LogP) is 1.38. The molecular weight excluding hydrogens is 328 g/mol. The highest BCUT2D eigenvalue weighted by atomic mass is 19.1. The molecule has 3 N–H and O–H groups in total. The molecule has 1 saturated carbocycles. The van der Waals surface area contributed by atoms with E-state index in [1.54, 1.807) is 4.90 Å². The Hall–Kier alpha value is -2.02. The van der Waals surface area contributed by atoms with Gasteiger partial charge in [-0.1, -0.05) is 6.07 Å². The van der Waals surface area contributed by atoms with E-state index < -0.39 is 23.5 Å². The highest BCUT2D eigenvalue weighted by Gasteiger charge is 2.48. The molecule has 1 aliphatic carbocycles. The normalized spacial score (nSPS) is 25.6. The number of hydrogen-bond acceptors (Lipinski definition) is 3. The molecule has 1 aromatic carbocycles. The van der Waals surface area contributed by atoms with Crippen molar-refractivity contribution in [1.82, 2.24) is 10.2 Å². The summed E-state index contributed by atoms with van der Waals surface area (Å²) in [5.74, 6) is -2.43. The molecular formula is C18H23F2N3O2. The molecule has 2 aliphatic rings. The van der Waals surface area contributed by atoms with Crippen LogP contribution in [0.15, 0.2) is 18.2 Å². The van der Waals surface area contributed by atoms with Gasteiger partial charge in [-0.15, -0.1) is 0 Å². The van der Waals surface area contributed by atoms with Gasteiger partial charge in [-0.3, -0.25) is 9.59 Å². The molecule has 1 aromatic rings. The van der Waals surface area contributed by atoms with Crippen LogP contribution in [0.1, 0.15) is 30.7 Å². The van der Waals surface area contributed by atoms with Gasteiger partial charge in [0.05, 0.1) is 5.92 Å². The lowest BCUT2D eigenvalue weighted by Gasteiger charge is -2.32. The summed E-state index contributed by atoms with van der Waals surface area (Å²) in [4.78, 5) is 26.4. The van der Waals surface area contributed by atoms with Crippen molar-refractivity contribution in [1.29, 1.82) is 0 Å². The van der Waals surface area contributed by atoms with Gasteiger partial charge in [-0.2, -0.15) is 0 Å². The number of nitrogens with zero attached hydrogens (tertiary/aromatic N) is 1. The first-order valence-electron chi connectivity index (χ1n) is 8.73. The van der Waals surface area contributed by atoms with Crippen LogP contribution in [0.25, 0.3) is 0 Å². The molecule has 5 nitrogen and oxygen atoms in total. The number of rotatable bonds is 5. The number of halogens is 2. The molecule has 3 atom stereocenters. The van der Waals surface area contributed by atoms with Crippen molar-refractivity contribution in [3.63, 3.8) is 0 Å². The first-order valence-corrected chi connectivity index (χ1v) is 8.73. The fourth-order valence-electron chi connectivity index (χ4n) is 3.62. The maximum absolute atomic E-state index is 13.9. The van der Waals surface area contributed by atoms with E-state index in [2.05, 4.69) is 5.32 Å². The van der Waals surface area contributed by atoms with E-state index in [1.807, 2.05) is 0 Å². The number of likely N-dealkylation sites (tertiary alicyclic amines) is 1. The van der Waals surface area contributed by atoms with Crippen LogP contribution in [-0.4, -0.2) is 42.9 Å². The minimum atomic E-state index is -0.599. The van der Waals surface area contributed by atoms with E-state index in [4.69, 9.17) is 5.73 Å². The van der Waals surface area contributed by atoms with E-state index in [1.165, 1.54) is 18.2 Å². The molecule has 7 heteroatoms. The second-order valence-corrected chi connectivity index (χ2v) is 6.79. The van der Waals surface area contributed by atoms with Crippen molar-refractivity contribution in [3.05, 3.63) is 35.4 Å². The second kappa shape index (κ2) is 7.47. The largest absolute Gasteiger partial charge is 0.355 e. The van der Waals surface area contributed by atoms with Gasteiger partial charge in [0.2, 0.25) is 11.8 Å². The molecule has 1 saturated heterocycles. The molecule has 0 spiro atoms. The number of nitrogens with one attached hydrogen (secondary N) is 1. The van der Waals surface area contributed by atoms with Crippen molar-refractivity contribution in [2.45, 2.75) is 25.2 Å². The Morgan fingerprint density at radius 1 is 1.28 bits per heavy atom. The van der Waals surface area contributed by atoms with E-state index >= 15 is 0 Å². The lowest BCUT2D eigenvalue weighted by atomic mass is 9.96. The highest BCUT2D eigenvalue weighted by molar-refractivity contribution is 5.85. The van der Waals surface area contributed by atoms with Gasteiger partial charge < -0.3 is 16.0 Å². The summed E-state index contributed by atoms with van der Waals surface area (Å²) >= 11 is 0. The Kier molecular flexibility index (Phi) is 5.32. The zero-order valence-electron chi connectivity index (χ0n) is 14.0. The zero-order chi connectivity index (χ0) is 18.0. The van der Waals surface area contributed by atoms with Gasteiger partial charge >= 0.3 is 0 Å². The van der Waals surface area contributed by atoms with Crippen molar-refractivity contribution in [2.75, 3.05) is 26.2 Å². The Bertz CT molecular complexity index is 647. The monoisotopic (exact) mass is 351 g/mol. The number of piperidine rings is 1. The molecule has 0 aromatic heterocycles. The summed E-state index contributed by atoms with van der Waals surface area (Å²) in [6.45, 7) is 1.74. The summed E-state index contributed by atoms with van der Waals surface area (Å²) < 4.78 is 27.8. The third kappa shape index (κ3) is 3.81. The molecule has 136 valence electrons. The van der Waals surface area contributed by atoms with Crippen LogP contribution in [0.3, 0.4) is 0 Å². The van der Waals surface area contributed by atoms with Crippen molar-refractivity contribution < 1.29 is 18.4 Å². The molecule has 0 bridgehead atoms. The van der Waals surface area contributed by atoms with E-state index in [0.717, 1.165) is 12.8 Å². The van der Waals surface area contributed by atoms with Crippen LogP contribution in [0.5, 0.6) is 0 Å². The molecule has 1 heterocycles. The number of carbonyl (C=O) groups is 2. The van der Waals surface area contributed by atoms with Crippen LogP contribution in [0.2, 0.25) is 0 Å². The molecule has 1 aliphatic heterocycles. The zero-order valence-corrected chi connectivity index (χ0v) is 14.0. The Morgan fingerprint density at radius 3 is 2.68 bits per heavy atom. The van der Waals surface area contributed by atoms with E-state index in [9.17, 15) is 18.4 Å². The molecule has 25 heavy (non-hydrogen) atoms. The number of amides is 2. The topological polar surface area (TPSA) is 75.4 Å². The van der Waals surface area contributed by atoms with Gasteiger partial charge in [0.1, 0.15) is 11.6 Å². The van der Waals surface area contributed by atoms with E-state index in [-0.39, 0.29) is 23.3 Å². The fourth-order valence-corrected chi connectivity index (χ4v) is 3.62. The Balaban J connectivity index is 1.61. The van der Waals surface area contributed by atoms with Gasteiger partial charge in [-0.25, -0.2) is 8.78 Å². The molecule has 2 amide bonds. The maximum Gasteiger partial charge on any atom is 0.226 e. The van der Waals surface area contributed by atoms with Crippen molar-refractivity contribution >= 4 is 11.8 Å². The van der Waals surface area contributed by atoms with Crippen LogP contribution >= 0.6 is 0 Å². The molecule has 2 fully saturated rings. The standard InChI is InChI=1S/C18H23F2N3O2/c19-14-4-1-5-15(20)16(14)12-9-13(12)18(25)23-8-2-3-11(10-23)17(24)22-7-6-21/h1,4-5,11-13H,2-3,6-10,21H2,(H,22,24). The summed E-state index contributed by atoms with van der Waals surface area (Å²) in [7, 11) is 0. The SMILES string of the molecule is NCCNC(=O)C1CCCN(C(=O)C2CC2c2c(F)cccc2F)C1. The average Bonchev–Trinajstić information content (AvgIpc) is 3.39. The summed E-state index contributed by atoms with van der Waals surface area (Å²) in [6.07, 6.45) is 1.94. The molecule has 0 radical (unpaired) electrons. The smallest absolute Gasteiger partial charge is 0.226 e. The molecule has 3 rings (SSSR count). The maximum atomic E-state index is 13.9. The van der Waals surface area contributed by atoms with E-state index in [0.29, 0.717) is 32.6 Å². The minimum absolute atomic E-state index is 0.00935. The van der Waals surface area contributed by atoms with Crippen molar-refractivity contribution in [3.8, 4) is 0 Å². The number of nitrogens with two attached hydrogens (primary N) is 1. The predicted molar refractivity (Wildman–Crippen MR) is 88.6 cm³/mol. The highest BCUT2D eigenvalue weighted by Crippen LogP contribution is 2.50. The number of hydrogen-bond donors (Lipinski definition) is 2. The first kappa shape index (κ1) is 17.8. The Labute approximate surface area is 145 Å². The lowest BCUT2D eigenvalue weighted by Crippen LogP contribution is -2.46. The van der Waals surface area contributed by atoms with Gasteiger partial charge in [0, 0.05) is 43.6 Å². The van der Waals surface area contributed by atoms with Crippen LogP contribution in [0, 0.1) is 23.5 Å². The Morgan fingerprint density at radius 2 is 2.00 bits per heavy atom. The summed E-state index contributed by atoms with van der Waals surface area (Å²) in [6, 6.07) is 3.76. The molecule has 3 unspecified atom stereocenters. The fraction of sp³-hybridized carbons (Fsp3) is 0.556. The van der Waals surface area contributed by atoms with Crippen LogP contribution < -0.4 is 11.1 Å². The van der Waals surface area contributed by atoms with Crippen LogP contribution in [0.4, 0.5) is 8.78 Å². The van der Waals surface area contributed by atoms with Gasteiger partial charge in [0.25, 0.3) is 0 Å². The van der Waals surface area contributed by atoms with Crippen LogP contribution in [-0.2, 0) is 9.59 Å². The second-order valence-electron chi connectivity index (χ2n) is 6.79. The number of benzene rings is 1.